The monoisotopic (exact) mass is 287 g/mol. The van der Waals surface area contributed by atoms with Crippen LogP contribution in [-0.4, -0.2) is 23.1 Å². The number of nitrogens with one attached hydrogen (secondary N) is 1. The van der Waals surface area contributed by atoms with Gasteiger partial charge in [-0.15, -0.1) is 0 Å². The predicted octanol–water partition coefficient (Wildman–Crippen LogP) is 3.36. The maximum absolute atomic E-state index is 13.5. The van der Waals surface area contributed by atoms with Gasteiger partial charge in [0, 0.05) is 17.0 Å². The molecule has 0 bridgehead atoms. The molecule has 1 aromatic heterocycles. The summed E-state index contributed by atoms with van der Waals surface area (Å²) >= 11 is 0. The average molecular weight is 287 g/mol. The summed E-state index contributed by atoms with van der Waals surface area (Å²) in [7, 11) is 0. The molecule has 0 amide bonds. The molecule has 0 radical (unpaired) electrons. The van der Waals surface area contributed by atoms with Crippen molar-refractivity contribution in [3.05, 3.63) is 46.5 Å². The van der Waals surface area contributed by atoms with Gasteiger partial charge in [-0.1, -0.05) is 13.0 Å². The third-order valence-corrected chi connectivity index (χ3v) is 3.66. The van der Waals surface area contributed by atoms with Crippen LogP contribution in [0.3, 0.4) is 0 Å². The fourth-order valence-electron chi connectivity index (χ4n) is 2.45. The summed E-state index contributed by atoms with van der Waals surface area (Å²) in [6.07, 6.45) is 0.911. The van der Waals surface area contributed by atoms with E-state index in [1.165, 1.54) is 17.7 Å². The fourth-order valence-corrected chi connectivity index (χ4v) is 2.45. The SMILES string of the molecule is CCNCCc1c(C)nc(-c2cc(F)ccc2C)nc1C. The van der Waals surface area contributed by atoms with E-state index in [4.69, 9.17) is 0 Å². The van der Waals surface area contributed by atoms with Gasteiger partial charge >= 0.3 is 0 Å². The topological polar surface area (TPSA) is 37.8 Å². The number of nitrogens with zero attached hydrogens (tertiary/aromatic N) is 2. The molecular formula is C17H22FN3. The molecule has 1 aromatic carbocycles. The molecule has 0 atom stereocenters. The largest absolute Gasteiger partial charge is 0.317 e. The number of halogens is 1. The summed E-state index contributed by atoms with van der Waals surface area (Å²) in [5, 5.41) is 3.31. The van der Waals surface area contributed by atoms with Crippen LogP contribution in [0.4, 0.5) is 4.39 Å². The highest BCUT2D eigenvalue weighted by atomic mass is 19.1. The number of likely N-dealkylation sites (N-methyl/N-ethyl adjacent to an activating group) is 1. The Morgan fingerprint density at radius 2 is 1.76 bits per heavy atom. The first-order valence-electron chi connectivity index (χ1n) is 7.34. The van der Waals surface area contributed by atoms with Crippen LogP contribution in [0, 0.1) is 26.6 Å². The van der Waals surface area contributed by atoms with Crippen LogP contribution in [0.5, 0.6) is 0 Å². The van der Waals surface area contributed by atoms with Crippen molar-refractivity contribution in [2.24, 2.45) is 0 Å². The zero-order valence-electron chi connectivity index (χ0n) is 13.1. The molecule has 1 N–H and O–H groups in total. The van der Waals surface area contributed by atoms with Crippen LogP contribution in [-0.2, 0) is 6.42 Å². The van der Waals surface area contributed by atoms with Crippen LogP contribution in [0.15, 0.2) is 18.2 Å². The van der Waals surface area contributed by atoms with E-state index < -0.39 is 0 Å². The maximum Gasteiger partial charge on any atom is 0.159 e. The summed E-state index contributed by atoms with van der Waals surface area (Å²) in [5.74, 6) is 0.347. The minimum Gasteiger partial charge on any atom is -0.317 e. The molecule has 0 aliphatic heterocycles. The van der Waals surface area contributed by atoms with Gasteiger partial charge in [-0.3, -0.25) is 0 Å². The summed E-state index contributed by atoms with van der Waals surface area (Å²) in [5.41, 5.74) is 4.86. The van der Waals surface area contributed by atoms with E-state index in [1.54, 1.807) is 6.07 Å². The van der Waals surface area contributed by atoms with Gasteiger partial charge in [0.2, 0.25) is 0 Å². The molecule has 0 aliphatic carbocycles. The van der Waals surface area contributed by atoms with Gasteiger partial charge in [0.1, 0.15) is 5.82 Å². The van der Waals surface area contributed by atoms with Crippen LogP contribution in [0.25, 0.3) is 11.4 Å². The van der Waals surface area contributed by atoms with Gasteiger partial charge in [-0.25, -0.2) is 14.4 Å². The Morgan fingerprint density at radius 1 is 1.10 bits per heavy atom. The van der Waals surface area contributed by atoms with E-state index in [2.05, 4.69) is 22.2 Å². The maximum atomic E-state index is 13.5. The first-order chi connectivity index (χ1) is 10.0. The molecule has 2 rings (SSSR count). The lowest BCUT2D eigenvalue weighted by Crippen LogP contribution is -2.17. The number of hydrogen-bond donors (Lipinski definition) is 1. The minimum absolute atomic E-state index is 0.259. The highest BCUT2D eigenvalue weighted by Crippen LogP contribution is 2.23. The van der Waals surface area contributed by atoms with Gasteiger partial charge in [0.05, 0.1) is 0 Å². The lowest BCUT2D eigenvalue weighted by Gasteiger charge is -2.12. The van der Waals surface area contributed by atoms with E-state index in [0.29, 0.717) is 5.82 Å². The first-order valence-corrected chi connectivity index (χ1v) is 7.34. The van der Waals surface area contributed by atoms with Crippen molar-refractivity contribution in [2.75, 3.05) is 13.1 Å². The summed E-state index contributed by atoms with van der Waals surface area (Å²) in [6, 6.07) is 4.73. The van der Waals surface area contributed by atoms with E-state index in [-0.39, 0.29) is 5.82 Å². The van der Waals surface area contributed by atoms with E-state index >= 15 is 0 Å². The zero-order valence-corrected chi connectivity index (χ0v) is 13.1. The Bertz CT molecular complexity index is 615. The Hall–Kier alpha value is -1.81. The molecule has 112 valence electrons. The van der Waals surface area contributed by atoms with Crippen molar-refractivity contribution in [1.82, 2.24) is 15.3 Å². The third-order valence-electron chi connectivity index (χ3n) is 3.66. The molecule has 3 nitrogen and oxygen atoms in total. The zero-order chi connectivity index (χ0) is 15.4. The summed E-state index contributed by atoms with van der Waals surface area (Å²) < 4.78 is 13.5. The molecule has 2 aromatic rings. The van der Waals surface area contributed by atoms with Crippen LogP contribution >= 0.6 is 0 Å². The van der Waals surface area contributed by atoms with Gasteiger partial charge in [0.15, 0.2) is 5.82 Å². The highest BCUT2D eigenvalue weighted by molar-refractivity contribution is 5.60. The van der Waals surface area contributed by atoms with Crippen molar-refractivity contribution in [1.29, 1.82) is 0 Å². The van der Waals surface area contributed by atoms with Gasteiger partial charge in [0.25, 0.3) is 0 Å². The molecule has 0 spiro atoms. The molecule has 0 fully saturated rings. The Morgan fingerprint density at radius 3 is 2.38 bits per heavy atom. The summed E-state index contributed by atoms with van der Waals surface area (Å²) in [4.78, 5) is 9.16. The van der Waals surface area contributed by atoms with Crippen molar-refractivity contribution in [3.8, 4) is 11.4 Å². The smallest absolute Gasteiger partial charge is 0.159 e. The molecule has 0 saturated heterocycles. The molecule has 21 heavy (non-hydrogen) atoms. The second kappa shape index (κ2) is 6.76. The molecule has 0 unspecified atom stereocenters. The fraction of sp³-hybridized carbons (Fsp3) is 0.412. The number of rotatable bonds is 5. The van der Waals surface area contributed by atoms with Crippen LogP contribution in [0.2, 0.25) is 0 Å². The molecule has 1 heterocycles. The summed E-state index contributed by atoms with van der Waals surface area (Å²) in [6.45, 7) is 9.90. The average Bonchev–Trinajstić information content (AvgIpc) is 2.44. The van der Waals surface area contributed by atoms with Crippen molar-refractivity contribution >= 4 is 0 Å². The van der Waals surface area contributed by atoms with E-state index in [9.17, 15) is 4.39 Å². The Labute approximate surface area is 125 Å². The molecule has 0 saturated carbocycles. The van der Waals surface area contributed by atoms with Gasteiger partial charge in [-0.2, -0.15) is 0 Å². The minimum atomic E-state index is -0.259. The highest BCUT2D eigenvalue weighted by Gasteiger charge is 2.12. The molecular weight excluding hydrogens is 265 g/mol. The van der Waals surface area contributed by atoms with Crippen molar-refractivity contribution in [3.63, 3.8) is 0 Å². The number of benzene rings is 1. The molecule has 0 aliphatic rings. The van der Waals surface area contributed by atoms with Crippen molar-refractivity contribution in [2.45, 2.75) is 34.1 Å². The lowest BCUT2D eigenvalue weighted by molar-refractivity contribution is 0.627. The predicted molar refractivity (Wildman–Crippen MR) is 83.9 cm³/mol. The van der Waals surface area contributed by atoms with Gasteiger partial charge in [-0.05, 0) is 63.5 Å². The van der Waals surface area contributed by atoms with Crippen LogP contribution in [0.1, 0.15) is 29.4 Å². The Balaban J connectivity index is 2.37. The van der Waals surface area contributed by atoms with Gasteiger partial charge < -0.3 is 5.32 Å². The number of hydrogen-bond acceptors (Lipinski definition) is 3. The molecule has 4 heteroatoms. The van der Waals surface area contributed by atoms with Crippen molar-refractivity contribution < 1.29 is 4.39 Å². The lowest BCUT2D eigenvalue weighted by atomic mass is 10.1. The van der Waals surface area contributed by atoms with Crippen LogP contribution < -0.4 is 5.32 Å². The number of aromatic nitrogens is 2. The van der Waals surface area contributed by atoms with E-state index in [0.717, 1.165) is 42.0 Å². The second-order valence-corrected chi connectivity index (χ2v) is 5.26. The first kappa shape index (κ1) is 15.6. The third kappa shape index (κ3) is 3.64. The second-order valence-electron chi connectivity index (χ2n) is 5.26. The Kier molecular flexibility index (Phi) is 5.02. The quantitative estimate of drug-likeness (QED) is 0.857. The van der Waals surface area contributed by atoms with E-state index in [1.807, 2.05) is 20.8 Å². The number of aryl methyl sites for hydroxylation is 3. The normalized spacial score (nSPS) is 10.9. The standard InChI is InChI=1S/C17H22FN3/c1-5-19-9-8-15-12(3)20-17(21-13(15)4)16-10-14(18)7-6-11(16)2/h6-7,10,19H,5,8-9H2,1-4H3.